The molecule has 7 aromatic carbocycles. The molecule has 0 spiro atoms. The van der Waals surface area contributed by atoms with Gasteiger partial charge in [-0.05, 0) is 142 Å². The first-order chi connectivity index (χ1) is 32.9. The topological polar surface area (TPSA) is 62.5 Å². The third-order valence-corrected chi connectivity index (χ3v) is 17.3. The van der Waals surface area contributed by atoms with E-state index in [0.29, 0.717) is 40.4 Å². The summed E-state index contributed by atoms with van der Waals surface area (Å²) in [4.78, 5) is 15.4. The summed E-state index contributed by atoms with van der Waals surface area (Å²) in [5, 5.41) is 12.1. The van der Waals surface area contributed by atoms with E-state index in [9.17, 15) is 18.4 Å². The van der Waals surface area contributed by atoms with Gasteiger partial charge in [-0.15, -0.1) is 11.3 Å². The molecule has 0 radical (unpaired) electrons. The summed E-state index contributed by atoms with van der Waals surface area (Å²) in [6.07, 6.45) is 2.85. The van der Waals surface area contributed by atoms with E-state index in [2.05, 4.69) is 66.7 Å². The van der Waals surface area contributed by atoms with Crippen molar-refractivity contribution >= 4 is 31.5 Å². The lowest BCUT2D eigenvalue weighted by atomic mass is 9.41. The quantitative estimate of drug-likeness (QED) is 0.167. The van der Waals surface area contributed by atoms with Gasteiger partial charge in [0.15, 0.2) is 17.5 Å². The predicted molar refractivity (Wildman–Crippen MR) is 266 cm³/mol. The molecule has 332 valence electrons. The van der Waals surface area contributed by atoms with Gasteiger partial charge in [0.2, 0.25) is 0 Å². The van der Waals surface area contributed by atoms with Crippen LogP contribution in [-0.4, -0.2) is 15.0 Å². The summed E-state index contributed by atoms with van der Waals surface area (Å²) < 4.78 is 44.7. The van der Waals surface area contributed by atoms with E-state index in [4.69, 9.17) is 15.0 Å². The SMILES string of the molecule is CC1(C)c2cc(C(F)(F)F)ccc2-c2c(-c3nc(-c4ccccc4)nc(-c4ccc(C56CC7CC(C5)CC(c5cccc8sc9cc(-c%10ccc(C#N)cc%10)ccc9c58)(C7)C6)cc4)n3)cccc21. The van der Waals surface area contributed by atoms with Gasteiger partial charge < -0.3 is 0 Å². The summed E-state index contributed by atoms with van der Waals surface area (Å²) in [5.74, 6) is 2.92. The number of aromatic nitrogens is 3. The van der Waals surface area contributed by atoms with Crippen molar-refractivity contribution in [2.45, 2.75) is 74.8 Å². The van der Waals surface area contributed by atoms with E-state index in [1.54, 1.807) is 6.07 Å². The van der Waals surface area contributed by atoms with Crippen LogP contribution in [0.25, 0.3) is 76.6 Å². The first-order valence-corrected chi connectivity index (χ1v) is 24.4. The van der Waals surface area contributed by atoms with Crippen molar-refractivity contribution in [2.75, 3.05) is 0 Å². The molecule has 5 aliphatic rings. The van der Waals surface area contributed by atoms with Gasteiger partial charge in [-0.1, -0.05) is 129 Å². The summed E-state index contributed by atoms with van der Waals surface area (Å²) in [6.45, 7) is 3.98. The first kappa shape index (κ1) is 41.3. The second-order valence-corrected chi connectivity index (χ2v) is 21.6. The number of nitriles is 1. The Morgan fingerprint density at radius 2 is 1.22 bits per heavy atom. The smallest absolute Gasteiger partial charge is 0.208 e. The minimum absolute atomic E-state index is 0.0651. The molecule has 4 saturated carbocycles. The highest BCUT2D eigenvalue weighted by Gasteiger charge is 2.59. The van der Waals surface area contributed by atoms with E-state index in [1.807, 2.05) is 98.0 Å². The van der Waals surface area contributed by atoms with E-state index in [0.717, 1.165) is 45.4 Å². The van der Waals surface area contributed by atoms with Crippen LogP contribution in [0, 0.1) is 23.2 Å². The monoisotopic (exact) mass is 910 g/mol. The van der Waals surface area contributed by atoms with Crippen LogP contribution in [0.15, 0.2) is 152 Å². The van der Waals surface area contributed by atoms with Crippen LogP contribution in [0.1, 0.15) is 85.8 Å². The minimum Gasteiger partial charge on any atom is -0.208 e. The minimum atomic E-state index is -4.45. The zero-order valence-electron chi connectivity index (χ0n) is 37.7. The van der Waals surface area contributed by atoms with Crippen LogP contribution >= 0.6 is 11.3 Å². The molecule has 0 amide bonds. The fourth-order valence-electron chi connectivity index (χ4n) is 13.6. The van der Waals surface area contributed by atoms with Crippen molar-refractivity contribution in [3.8, 4) is 62.5 Å². The molecule has 2 heterocycles. The molecule has 14 rings (SSSR count). The number of halogens is 3. The number of hydrogen-bond donors (Lipinski definition) is 0. The average Bonchev–Trinajstić information content (AvgIpc) is 3.84. The van der Waals surface area contributed by atoms with Gasteiger partial charge >= 0.3 is 6.18 Å². The first-order valence-electron chi connectivity index (χ1n) is 23.6. The third-order valence-electron chi connectivity index (χ3n) is 16.2. The molecule has 0 N–H and O–H groups in total. The Bertz CT molecular complexity index is 3550. The fourth-order valence-corrected chi connectivity index (χ4v) is 14.7. The molecule has 8 heteroatoms. The lowest BCUT2D eigenvalue weighted by Crippen LogP contribution is -2.56. The molecule has 0 saturated heterocycles. The zero-order valence-corrected chi connectivity index (χ0v) is 38.5. The largest absolute Gasteiger partial charge is 0.416 e. The van der Waals surface area contributed by atoms with Gasteiger partial charge in [0, 0.05) is 42.3 Å². The van der Waals surface area contributed by atoms with Crippen LogP contribution in [0.3, 0.4) is 0 Å². The van der Waals surface area contributed by atoms with Crippen molar-refractivity contribution in [1.29, 1.82) is 5.26 Å². The van der Waals surface area contributed by atoms with E-state index in [-0.39, 0.29) is 10.8 Å². The van der Waals surface area contributed by atoms with Crippen molar-refractivity contribution in [3.63, 3.8) is 0 Å². The number of hydrogen-bond acceptors (Lipinski definition) is 5. The molecule has 4 nitrogen and oxygen atoms in total. The zero-order chi connectivity index (χ0) is 46.2. The molecule has 2 unspecified atom stereocenters. The summed E-state index contributed by atoms with van der Waals surface area (Å²) >= 11 is 1.89. The maximum atomic E-state index is 14.0. The number of alkyl halides is 3. The van der Waals surface area contributed by atoms with E-state index < -0.39 is 17.2 Å². The lowest BCUT2D eigenvalue weighted by Gasteiger charge is -2.63. The van der Waals surface area contributed by atoms with Crippen LogP contribution in [0.5, 0.6) is 0 Å². The van der Waals surface area contributed by atoms with Crippen molar-refractivity contribution in [1.82, 2.24) is 15.0 Å². The van der Waals surface area contributed by atoms with Crippen LogP contribution in [0.4, 0.5) is 13.2 Å². The molecule has 4 fully saturated rings. The number of nitrogens with zero attached hydrogens (tertiary/aromatic N) is 4. The molecule has 2 atom stereocenters. The average molecular weight is 911 g/mol. The van der Waals surface area contributed by atoms with Crippen LogP contribution in [0.2, 0.25) is 0 Å². The standard InChI is InChI=1S/C60H45F3N4S/c1-57(2)47-11-6-10-46(52(47)44-25-23-43(28-49(44)57)60(61,62)63)56-66-54(39-8-4-3-5-9-39)65-55(67-56)40-18-21-42(22-19-40)58-29-36-26-37(30-58)32-59(31-36,34-58)48-12-7-13-50-53(48)45-24-20-41(27-51(45)68-50)38-16-14-35(33-64)15-17-38/h3-25,27-28,36-37H,26,29-32,34H2,1-2H3. The molecular formula is C60H45F3N4S. The molecular weight excluding hydrogens is 866 g/mol. The number of rotatable bonds is 6. The van der Waals surface area contributed by atoms with Crippen molar-refractivity contribution in [2.24, 2.45) is 11.8 Å². The van der Waals surface area contributed by atoms with Gasteiger partial charge in [-0.25, -0.2) is 15.0 Å². The number of benzene rings is 7. The van der Waals surface area contributed by atoms with E-state index in [1.165, 1.54) is 81.1 Å². The summed E-state index contributed by atoms with van der Waals surface area (Å²) in [7, 11) is 0. The highest BCUT2D eigenvalue weighted by atomic mass is 32.1. The Kier molecular flexibility index (Phi) is 8.96. The van der Waals surface area contributed by atoms with Gasteiger partial charge in [-0.3, -0.25) is 0 Å². The van der Waals surface area contributed by atoms with Gasteiger partial charge in [-0.2, -0.15) is 18.4 Å². The Hall–Kier alpha value is -6.95. The molecule has 2 aromatic heterocycles. The van der Waals surface area contributed by atoms with Gasteiger partial charge in [0.1, 0.15) is 0 Å². The normalized spacial score (nSPS) is 22.1. The molecule has 9 aromatic rings. The second kappa shape index (κ2) is 14.8. The highest BCUT2D eigenvalue weighted by Crippen LogP contribution is 2.67. The molecule has 68 heavy (non-hydrogen) atoms. The van der Waals surface area contributed by atoms with Gasteiger partial charge in [0.25, 0.3) is 0 Å². The number of fused-ring (bicyclic) bond motifs is 6. The Balaban J connectivity index is 0.878. The predicted octanol–water partition coefficient (Wildman–Crippen LogP) is 15.9. The third kappa shape index (κ3) is 6.35. The van der Waals surface area contributed by atoms with Crippen LogP contribution < -0.4 is 0 Å². The Morgan fingerprint density at radius 1 is 0.574 bits per heavy atom. The Labute approximate surface area is 397 Å². The molecule has 0 aliphatic heterocycles. The summed E-state index contributed by atoms with van der Waals surface area (Å²) in [6, 6.07) is 53.1. The van der Waals surface area contributed by atoms with Crippen LogP contribution in [-0.2, 0) is 22.4 Å². The summed E-state index contributed by atoms with van der Waals surface area (Å²) in [5.41, 5.74) is 10.5. The number of thiophene rings is 1. The van der Waals surface area contributed by atoms with Gasteiger partial charge in [0.05, 0.1) is 17.2 Å². The Morgan fingerprint density at radius 3 is 1.94 bits per heavy atom. The maximum Gasteiger partial charge on any atom is 0.416 e. The van der Waals surface area contributed by atoms with E-state index >= 15 is 0 Å². The maximum absolute atomic E-state index is 14.0. The lowest BCUT2D eigenvalue weighted by molar-refractivity contribution is -0.137. The van der Waals surface area contributed by atoms with Crippen molar-refractivity contribution in [3.05, 3.63) is 185 Å². The fraction of sp³-hybridized carbons (Fsp3) is 0.233. The second-order valence-electron chi connectivity index (χ2n) is 20.6. The molecule has 4 bridgehead atoms. The molecule has 5 aliphatic carbocycles. The van der Waals surface area contributed by atoms with Crippen molar-refractivity contribution < 1.29 is 13.2 Å². The highest BCUT2D eigenvalue weighted by molar-refractivity contribution is 7.25.